The Bertz CT molecular complexity index is 525. The van der Waals surface area contributed by atoms with E-state index in [9.17, 15) is 0 Å². The fourth-order valence-corrected chi connectivity index (χ4v) is 2.73. The smallest absolute Gasteiger partial charge is 0.137 e. The lowest BCUT2D eigenvalue weighted by molar-refractivity contribution is 0.435. The Balaban J connectivity index is 2.14. The first kappa shape index (κ1) is 9.88. The van der Waals surface area contributed by atoms with E-state index in [-0.39, 0.29) is 0 Å². The number of aryl methyl sites for hydroxylation is 2. The van der Waals surface area contributed by atoms with Crippen molar-refractivity contribution in [3.8, 4) is 0 Å². The molecule has 0 bridgehead atoms. The average Bonchev–Trinajstić information content (AvgIpc) is 2.65. The van der Waals surface area contributed by atoms with Crippen molar-refractivity contribution in [1.29, 1.82) is 0 Å². The highest BCUT2D eigenvalue weighted by Gasteiger charge is 2.21. The van der Waals surface area contributed by atoms with Gasteiger partial charge < -0.3 is 4.40 Å². The molecule has 0 saturated carbocycles. The molecule has 0 amide bonds. The molecule has 0 N–H and O–H groups in total. The van der Waals surface area contributed by atoms with E-state index in [4.69, 9.17) is 4.98 Å². The first-order valence-corrected chi connectivity index (χ1v) is 6.24. The fourth-order valence-electron chi connectivity index (χ4n) is 2.73. The molecule has 1 unspecified atom stereocenters. The van der Waals surface area contributed by atoms with Crippen molar-refractivity contribution in [3.63, 3.8) is 0 Å². The van der Waals surface area contributed by atoms with Crippen LogP contribution in [0.3, 0.4) is 0 Å². The lowest BCUT2D eigenvalue weighted by atomic mass is 9.88. The molecular formula is C14H18N2. The van der Waals surface area contributed by atoms with Gasteiger partial charge in [0.1, 0.15) is 5.65 Å². The number of imidazole rings is 1. The van der Waals surface area contributed by atoms with E-state index in [0.717, 1.165) is 18.0 Å². The maximum atomic E-state index is 4.75. The first-order valence-electron chi connectivity index (χ1n) is 6.24. The third-order valence-corrected chi connectivity index (χ3v) is 3.81. The molecule has 0 saturated heterocycles. The van der Waals surface area contributed by atoms with Crippen molar-refractivity contribution in [2.24, 2.45) is 5.92 Å². The Hall–Kier alpha value is -1.31. The highest BCUT2D eigenvalue weighted by atomic mass is 15.0. The van der Waals surface area contributed by atoms with Crippen molar-refractivity contribution in [3.05, 3.63) is 35.3 Å². The van der Waals surface area contributed by atoms with Crippen LogP contribution in [-0.4, -0.2) is 9.38 Å². The molecular weight excluding hydrogens is 196 g/mol. The summed E-state index contributed by atoms with van der Waals surface area (Å²) in [5.41, 5.74) is 5.20. The number of aromatic nitrogens is 2. The van der Waals surface area contributed by atoms with Crippen LogP contribution in [0.5, 0.6) is 0 Å². The van der Waals surface area contributed by atoms with Crippen LogP contribution >= 0.6 is 0 Å². The molecule has 0 fully saturated rings. The van der Waals surface area contributed by atoms with E-state index < -0.39 is 0 Å². The third-order valence-electron chi connectivity index (χ3n) is 3.81. The van der Waals surface area contributed by atoms with Gasteiger partial charge in [-0.25, -0.2) is 4.98 Å². The predicted molar refractivity (Wildman–Crippen MR) is 65.7 cm³/mol. The third kappa shape index (κ3) is 1.44. The zero-order chi connectivity index (χ0) is 11.1. The summed E-state index contributed by atoms with van der Waals surface area (Å²) in [7, 11) is 0. The largest absolute Gasteiger partial charge is 0.304 e. The summed E-state index contributed by atoms with van der Waals surface area (Å²) in [6.07, 6.45) is 7.14. The fraction of sp³-hybridized carbons (Fsp3) is 0.500. The molecule has 2 aromatic heterocycles. The molecule has 2 heterocycles. The van der Waals surface area contributed by atoms with Gasteiger partial charge >= 0.3 is 0 Å². The highest BCUT2D eigenvalue weighted by Crippen LogP contribution is 2.28. The second-order valence-electron chi connectivity index (χ2n) is 4.95. The zero-order valence-electron chi connectivity index (χ0n) is 10.0. The summed E-state index contributed by atoms with van der Waals surface area (Å²) in [6, 6.07) is 4.35. The van der Waals surface area contributed by atoms with Crippen molar-refractivity contribution in [2.75, 3.05) is 0 Å². The number of fused-ring (bicyclic) bond motifs is 3. The van der Waals surface area contributed by atoms with Gasteiger partial charge in [0.05, 0.1) is 5.69 Å². The van der Waals surface area contributed by atoms with Crippen LogP contribution in [0.2, 0.25) is 0 Å². The van der Waals surface area contributed by atoms with E-state index in [2.05, 4.69) is 36.6 Å². The van der Waals surface area contributed by atoms with Gasteiger partial charge in [0, 0.05) is 11.9 Å². The van der Waals surface area contributed by atoms with E-state index in [1.165, 1.54) is 36.2 Å². The molecule has 2 nitrogen and oxygen atoms in total. The summed E-state index contributed by atoms with van der Waals surface area (Å²) in [5, 5.41) is 0. The van der Waals surface area contributed by atoms with Crippen LogP contribution < -0.4 is 0 Å². The lowest BCUT2D eigenvalue weighted by Gasteiger charge is -2.20. The van der Waals surface area contributed by atoms with Crippen LogP contribution in [-0.2, 0) is 12.8 Å². The van der Waals surface area contributed by atoms with Gasteiger partial charge in [-0.05, 0) is 49.8 Å². The lowest BCUT2D eigenvalue weighted by Crippen LogP contribution is -2.14. The molecule has 2 aromatic rings. The Morgan fingerprint density at radius 2 is 2.38 bits per heavy atom. The van der Waals surface area contributed by atoms with Gasteiger partial charge in [-0.3, -0.25) is 0 Å². The van der Waals surface area contributed by atoms with Crippen LogP contribution in [0.15, 0.2) is 18.3 Å². The SMILES string of the molecule is CCC1CCc2nc3cc(C)ccn3c2C1. The van der Waals surface area contributed by atoms with Gasteiger partial charge in [-0.1, -0.05) is 13.3 Å². The molecule has 3 rings (SSSR count). The second-order valence-corrected chi connectivity index (χ2v) is 4.95. The Labute approximate surface area is 96.3 Å². The van der Waals surface area contributed by atoms with Crippen molar-refractivity contribution in [2.45, 2.75) is 39.5 Å². The van der Waals surface area contributed by atoms with E-state index >= 15 is 0 Å². The molecule has 84 valence electrons. The highest BCUT2D eigenvalue weighted by molar-refractivity contribution is 5.46. The minimum atomic E-state index is 0.855. The summed E-state index contributed by atoms with van der Waals surface area (Å²) in [6.45, 7) is 4.42. The van der Waals surface area contributed by atoms with Crippen LogP contribution in [0.4, 0.5) is 0 Å². The second kappa shape index (κ2) is 3.62. The summed E-state index contributed by atoms with van der Waals surface area (Å²) in [4.78, 5) is 4.75. The van der Waals surface area contributed by atoms with Crippen molar-refractivity contribution < 1.29 is 0 Å². The number of hydrogen-bond acceptors (Lipinski definition) is 1. The van der Waals surface area contributed by atoms with Crippen LogP contribution in [0, 0.1) is 12.8 Å². The molecule has 0 spiro atoms. The van der Waals surface area contributed by atoms with Crippen LogP contribution in [0.25, 0.3) is 5.65 Å². The van der Waals surface area contributed by atoms with E-state index in [1.807, 2.05) is 0 Å². The number of rotatable bonds is 1. The molecule has 16 heavy (non-hydrogen) atoms. The number of nitrogens with zero attached hydrogens (tertiary/aromatic N) is 2. The van der Waals surface area contributed by atoms with Gasteiger partial charge in [-0.2, -0.15) is 0 Å². The Morgan fingerprint density at radius 1 is 1.50 bits per heavy atom. The molecule has 0 aliphatic heterocycles. The van der Waals surface area contributed by atoms with Crippen molar-refractivity contribution in [1.82, 2.24) is 9.38 Å². The van der Waals surface area contributed by atoms with Gasteiger partial charge in [0.25, 0.3) is 0 Å². The molecule has 1 aliphatic carbocycles. The standard InChI is InChI=1S/C14H18N2/c1-3-11-4-5-12-13(9-11)16-7-6-10(2)8-14(16)15-12/h6-8,11H,3-5,9H2,1-2H3. The normalized spacial score (nSPS) is 20.0. The van der Waals surface area contributed by atoms with Gasteiger partial charge in [0.2, 0.25) is 0 Å². The quantitative estimate of drug-likeness (QED) is 0.712. The minimum Gasteiger partial charge on any atom is -0.304 e. The van der Waals surface area contributed by atoms with Gasteiger partial charge in [0.15, 0.2) is 0 Å². The van der Waals surface area contributed by atoms with Gasteiger partial charge in [-0.15, -0.1) is 0 Å². The molecule has 1 atom stereocenters. The Kier molecular flexibility index (Phi) is 2.23. The summed E-state index contributed by atoms with van der Waals surface area (Å²) >= 11 is 0. The average molecular weight is 214 g/mol. The molecule has 2 heteroatoms. The molecule has 0 aromatic carbocycles. The molecule has 1 aliphatic rings. The van der Waals surface area contributed by atoms with Crippen LogP contribution in [0.1, 0.15) is 36.7 Å². The topological polar surface area (TPSA) is 17.3 Å². The number of pyridine rings is 1. The first-order chi connectivity index (χ1) is 7.78. The predicted octanol–water partition coefficient (Wildman–Crippen LogP) is 3.16. The monoisotopic (exact) mass is 214 g/mol. The summed E-state index contributed by atoms with van der Waals surface area (Å²) < 4.78 is 2.28. The minimum absolute atomic E-state index is 0.855. The van der Waals surface area contributed by atoms with E-state index in [0.29, 0.717) is 0 Å². The van der Waals surface area contributed by atoms with Crippen molar-refractivity contribution >= 4 is 5.65 Å². The summed E-state index contributed by atoms with van der Waals surface area (Å²) in [5.74, 6) is 0.855. The Morgan fingerprint density at radius 3 is 3.19 bits per heavy atom. The maximum absolute atomic E-state index is 4.75. The molecule has 0 radical (unpaired) electrons. The zero-order valence-corrected chi connectivity index (χ0v) is 10.0. The van der Waals surface area contributed by atoms with E-state index in [1.54, 1.807) is 0 Å². The number of hydrogen-bond donors (Lipinski definition) is 0. The maximum Gasteiger partial charge on any atom is 0.137 e.